The molecule has 0 radical (unpaired) electrons. The lowest BCUT2D eigenvalue weighted by atomic mass is 10.0. The van der Waals surface area contributed by atoms with Gasteiger partial charge in [-0.2, -0.15) is 0 Å². The average molecular weight is 245 g/mol. The van der Waals surface area contributed by atoms with E-state index in [9.17, 15) is 9.18 Å². The normalized spacial score (nSPS) is 10.2. The molecule has 0 unspecified atom stereocenters. The first-order valence-electron chi connectivity index (χ1n) is 5.08. The van der Waals surface area contributed by atoms with Crippen LogP contribution < -0.4 is 0 Å². The third-order valence-corrected chi connectivity index (χ3v) is 2.58. The molecular formula is C12H14ClFO2. The summed E-state index contributed by atoms with van der Waals surface area (Å²) in [7, 11) is 0. The van der Waals surface area contributed by atoms with Gasteiger partial charge in [0.15, 0.2) is 0 Å². The Hall–Kier alpha value is -1.09. The van der Waals surface area contributed by atoms with Crippen LogP contribution in [0.1, 0.15) is 23.6 Å². The minimum absolute atomic E-state index is 0.0964. The Morgan fingerprint density at radius 1 is 1.44 bits per heavy atom. The van der Waals surface area contributed by atoms with Crippen molar-refractivity contribution in [1.29, 1.82) is 0 Å². The van der Waals surface area contributed by atoms with Gasteiger partial charge in [-0.1, -0.05) is 6.07 Å². The van der Waals surface area contributed by atoms with Crippen LogP contribution in [-0.4, -0.2) is 12.6 Å². The van der Waals surface area contributed by atoms with E-state index < -0.39 is 0 Å². The molecule has 0 saturated heterocycles. The van der Waals surface area contributed by atoms with Gasteiger partial charge in [-0.25, -0.2) is 4.39 Å². The second-order valence-corrected chi connectivity index (χ2v) is 3.75. The van der Waals surface area contributed by atoms with Gasteiger partial charge in [0.25, 0.3) is 0 Å². The number of rotatable bonds is 4. The van der Waals surface area contributed by atoms with Gasteiger partial charge in [-0.15, -0.1) is 11.6 Å². The lowest BCUT2D eigenvalue weighted by Gasteiger charge is -2.08. The summed E-state index contributed by atoms with van der Waals surface area (Å²) in [6.07, 6.45) is 0.0964. The molecule has 2 nitrogen and oxygen atoms in total. The van der Waals surface area contributed by atoms with E-state index in [1.54, 1.807) is 13.0 Å². The fourth-order valence-electron chi connectivity index (χ4n) is 1.44. The molecular weight excluding hydrogens is 231 g/mol. The first-order valence-corrected chi connectivity index (χ1v) is 5.61. The van der Waals surface area contributed by atoms with Crippen molar-refractivity contribution in [2.24, 2.45) is 0 Å². The van der Waals surface area contributed by atoms with Crippen LogP contribution in [0.15, 0.2) is 12.1 Å². The van der Waals surface area contributed by atoms with Crippen LogP contribution in [0.5, 0.6) is 0 Å². The molecule has 1 rings (SSSR count). The van der Waals surface area contributed by atoms with Crippen LogP contribution in [0.2, 0.25) is 0 Å². The molecule has 4 heteroatoms. The predicted octanol–water partition coefficient (Wildman–Crippen LogP) is 2.98. The SMILES string of the molecule is CCOC(=O)Cc1cc(F)c(CCl)cc1C. The monoisotopic (exact) mass is 244 g/mol. The highest BCUT2D eigenvalue weighted by molar-refractivity contribution is 6.17. The first kappa shape index (κ1) is 13.0. The average Bonchev–Trinajstić information content (AvgIpc) is 2.23. The van der Waals surface area contributed by atoms with Crippen molar-refractivity contribution in [2.45, 2.75) is 26.1 Å². The number of carbonyl (C=O) groups is 1. The van der Waals surface area contributed by atoms with Crippen LogP contribution >= 0.6 is 11.6 Å². The summed E-state index contributed by atoms with van der Waals surface area (Å²) in [4.78, 5) is 11.3. The molecule has 0 aliphatic rings. The third kappa shape index (κ3) is 3.20. The summed E-state index contributed by atoms with van der Waals surface area (Å²) in [5.41, 5.74) is 1.95. The molecule has 0 atom stereocenters. The Balaban J connectivity index is 2.89. The van der Waals surface area contributed by atoms with Crippen molar-refractivity contribution in [1.82, 2.24) is 0 Å². The van der Waals surface area contributed by atoms with Gasteiger partial charge in [-0.3, -0.25) is 4.79 Å². The summed E-state index contributed by atoms with van der Waals surface area (Å²) in [6.45, 7) is 3.89. The Morgan fingerprint density at radius 3 is 2.69 bits per heavy atom. The summed E-state index contributed by atoms with van der Waals surface area (Å²) in [5, 5.41) is 0. The van der Waals surface area contributed by atoms with Crippen molar-refractivity contribution in [3.63, 3.8) is 0 Å². The zero-order valence-corrected chi connectivity index (χ0v) is 10.1. The number of ether oxygens (including phenoxy) is 1. The topological polar surface area (TPSA) is 26.3 Å². The van der Waals surface area contributed by atoms with E-state index in [1.807, 2.05) is 6.92 Å². The second kappa shape index (κ2) is 5.85. The van der Waals surface area contributed by atoms with Crippen LogP contribution in [0, 0.1) is 12.7 Å². The maximum atomic E-state index is 13.4. The van der Waals surface area contributed by atoms with Crippen LogP contribution in [-0.2, 0) is 21.8 Å². The second-order valence-electron chi connectivity index (χ2n) is 3.49. The van der Waals surface area contributed by atoms with Crippen molar-refractivity contribution < 1.29 is 13.9 Å². The molecule has 1 aromatic rings. The van der Waals surface area contributed by atoms with Gasteiger partial charge in [0, 0.05) is 5.56 Å². The van der Waals surface area contributed by atoms with Crippen LogP contribution in [0.25, 0.3) is 0 Å². The Morgan fingerprint density at radius 2 is 2.12 bits per heavy atom. The molecule has 0 heterocycles. The fourth-order valence-corrected chi connectivity index (χ4v) is 1.65. The number of hydrogen-bond acceptors (Lipinski definition) is 2. The maximum absolute atomic E-state index is 13.4. The molecule has 88 valence electrons. The standard InChI is InChI=1S/C12H14ClFO2/c1-3-16-12(15)6-9-5-11(14)10(7-13)4-8(9)2/h4-5H,3,6-7H2,1-2H3. The lowest BCUT2D eigenvalue weighted by molar-refractivity contribution is -0.142. The summed E-state index contributed by atoms with van der Waals surface area (Å²) >= 11 is 5.58. The summed E-state index contributed by atoms with van der Waals surface area (Å²) in [5.74, 6) is -0.588. The van der Waals surface area contributed by atoms with Crippen LogP contribution in [0.4, 0.5) is 4.39 Å². The van der Waals surface area contributed by atoms with Gasteiger partial charge in [0.05, 0.1) is 18.9 Å². The van der Waals surface area contributed by atoms with Gasteiger partial charge >= 0.3 is 5.97 Å². The third-order valence-electron chi connectivity index (χ3n) is 2.29. The lowest BCUT2D eigenvalue weighted by Crippen LogP contribution is -2.09. The summed E-state index contributed by atoms with van der Waals surface area (Å²) < 4.78 is 18.2. The molecule has 0 bridgehead atoms. The number of alkyl halides is 1. The van der Waals surface area contributed by atoms with E-state index in [0.717, 1.165) is 5.56 Å². The zero-order valence-electron chi connectivity index (χ0n) is 9.35. The van der Waals surface area contributed by atoms with Crippen LogP contribution in [0.3, 0.4) is 0 Å². The van der Waals surface area contributed by atoms with Gasteiger partial charge in [-0.05, 0) is 31.0 Å². The summed E-state index contributed by atoms with van der Waals surface area (Å²) in [6, 6.07) is 3.01. The number of carbonyl (C=O) groups excluding carboxylic acids is 1. The van der Waals surface area contributed by atoms with Gasteiger partial charge in [0.1, 0.15) is 5.82 Å². The Labute approximate surface area is 99.4 Å². The molecule has 16 heavy (non-hydrogen) atoms. The Bertz CT molecular complexity index is 391. The first-order chi connectivity index (χ1) is 7.58. The van der Waals surface area contributed by atoms with Crippen molar-refractivity contribution in [2.75, 3.05) is 6.61 Å². The molecule has 0 aliphatic heterocycles. The number of hydrogen-bond donors (Lipinski definition) is 0. The number of benzene rings is 1. The number of esters is 1. The molecule has 0 N–H and O–H groups in total. The maximum Gasteiger partial charge on any atom is 0.310 e. The minimum Gasteiger partial charge on any atom is -0.466 e. The highest BCUT2D eigenvalue weighted by atomic mass is 35.5. The van der Waals surface area contributed by atoms with E-state index >= 15 is 0 Å². The van der Waals surface area contributed by atoms with Crippen molar-refractivity contribution in [3.8, 4) is 0 Å². The van der Waals surface area contributed by atoms with Gasteiger partial charge in [0.2, 0.25) is 0 Å². The van der Waals surface area contributed by atoms with Crippen molar-refractivity contribution in [3.05, 3.63) is 34.6 Å². The van der Waals surface area contributed by atoms with E-state index in [2.05, 4.69) is 0 Å². The molecule has 1 aromatic carbocycles. The fraction of sp³-hybridized carbons (Fsp3) is 0.417. The number of aryl methyl sites for hydroxylation is 1. The van der Waals surface area contributed by atoms with E-state index in [-0.39, 0.29) is 24.1 Å². The smallest absolute Gasteiger partial charge is 0.310 e. The molecule has 0 fully saturated rings. The molecule has 0 amide bonds. The zero-order chi connectivity index (χ0) is 12.1. The quantitative estimate of drug-likeness (QED) is 0.601. The predicted molar refractivity (Wildman–Crippen MR) is 61.0 cm³/mol. The van der Waals surface area contributed by atoms with Crippen molar-refractivity contribution >= 4 is 17.6 Å². The Kier molecular flexibility index (Phi) is 4.74. The highest BCUT2D eigenvalue weighted by Gasteiger charge is 2.10. The number of halogens is 2. The molecule has 0 aliphatic carbocycles. The molecule has 0 saturated carbocycles. The highest BCUT2D eigenvalue weighted by Crippen LogP contribution is 2.18. The largest absolute Gasteiger partial charge is 0.466 e. The molecule has 0 spiro atoms. The van der Waals surface area contributed by atoms with E-state index in [4.69, 9.17) is 16.3 Å². The van der Waals surface area contributed by atoms with E-state index in [1.165, 1.54) is 6.07 Å². The molecule has 0 aromatic heterocycles. The van der Waals surface area contributed by atoms with Gasteiger partial charge < -0.3 is 4.74 Å². The minimum atomic E-state index is -0.375. The van der Waals surface area contributed by atoms with E-state index in [0.29, 0.717) is 17.7 Å².